The van der Waals surface area contributed by atoms with Crippen LogP contribution in [0.5, 0.6) is 0 Å². The van der Waals surface area contributed by atoms with Gasteiger partial charge in [-0.25, -0.2) is 4.98 Å². The molecule has 1 atom stereocenters. The minimum atomic E-state index is -0.0731. The summed E-state index contributed by atoms with van der Waals surface area (Å²) in [7, 11) is 1.84. The molecule has 0 saturated heterocycles. The van der Waals surface area contributed by atoms with Crippen LogP contribution >= 0.6 is 24.8 Å². The number of nitrogens with one attached hydrogen (secondary N) is 2. The summed E-state index contributed by atoms with van der Waals surface area (Å²) in [6, 6.07) is 11.9. The van der Waals surface area contributed by atoms with Crippen LogP contribution in [0.4, 0.5) is 5.69 Å². The molecule has 7 heteroatoms. The molecular formula is C19H24Cl2N4O. The number of benzene rings is 1. The molecule has 0 saturated carbocycles. The van der Waals surface area contributed by atoms with Gasteiger partial charge in [-0.3, -0.25) is 4.79 Å². The number of fused-ring (bicyclic) bond motifs is 1. The van der Waals surface area contributed by atoms with Gasteiger partial charge in [-0.15, -0.1) is 24.8 Å². The van der Waals surface area contributed by atoms with Gasteiger partial charge in [-0.05, 0) is 37.7 Å². The van der Waals surface area contributed by atoms with E-state index < -0.39 is 0 Å². The molecule has 3 rings (SSSR count). The molecule has 1 unspecified atom stereocenters. The summed E-state index contributed by atoms with van der Waals surface area (Å²) in [5.41, 5.74) is 4.86. The first kappa shape index (κ1) is 22.0. The highest BCUT2D eigenvalue weighted by atomic mass is 35.5. The van der Waals surface area contributed by atoms with Crippen molar-refractivity contribution in [3.05, 3.63) is 54.4 Å². The number of pyridine rings is 1. The van der Waals surface area contributed by atoms with Crippen molar-refractivity contribution in [2.45, 2.75) is 13.8 Å². The van der Waals surface area contributed by atoms with Gasteiger partial charge in [-0.2, -0.15) is 0 Å². The van der Waals surface area contributed by atoms with Gasteiger partial charge in [-0.1, -0.05) is 25.1 Å². The molecule has 26 heavy (non-hydrogen) atoms. The molecule has 3 aromatic rings. The zero-order valence-corrected chi connectivity index (χ0v) is 16.7. The first-order valence-electron chi connectivity index (χ1n) is 8.08. The Morgan fingerprint density at radius 3 is 2.50 bits per heavy atom. The van der Waals surface area contributed by atoms with Crippen molar-refractivity contribution in [2.24, 2.45) is 5.92 Å². The SMILES string of the molecule is CNCC(C)C(=O)Nc1ccc(-c2cn3cccc(C)c3n2)cc1.Cl.Cl. The summed E-state index contributed by atoms with van der Waals surface area (Å²) in [4.78, 5) is 16.7. The number of halogens is 2. The number of carbonyl (C=O) groups excluding carboxylic acids is 1. The Morgan fingerprint density at radius 2 is 1.88 bits per heavy atom. The fourth-order valence-corrected chi connectivity index (χ4v) is 2.68. The highest BCUT2D eigenvalue weighted by molar-refractivity contribution is 5.92. The van der Waals surface area contributed by atoms with Gasteiger partial charge in [0.05, 0.1) is 5.69 Å². The van der Waals surface area contributed by atoms with E-state index in [1.807, 2.05) is 61.1 Å². The number of imidazole rings is 1. The smallest absolute Gasteiger partial charge is 0.228 e. The van der Waals surface area contributed by atoms with Gasteiger partial charge in [0, 0.05) is 36.1 Å². The topological polar surface area (TPSA) is 58.4 Å². The van der Waals surface area contributed by atoms with Gasteiger partial charge >= 0.3 is 0 Å². The lowest BCUT2D eigenvalue weighted by Crippen LogP contribution is -2.28. The molecule has 5 nitrogen and oxygen atoms in total. The van der Waals surface area contributed by atoms with Crippen molar-refractivity contribution < 1.29 is 4.79 Å². The second kappa shape index (κ2) is 9.57. The van der Waals surface area contributed by atoms with Gasteiger partial charge in [0.2, 0.25) is 5.91 Å². The maximum absolute atomic E-state index is 12.0. The zero-order valence-electron chi connectivity index (χ0n) is 15.0. The van der Waals surface area contributed by atoms with E-state index in [0.29, 0.717) is 6.54 Å². The average molecular weight is 395 g/mol. The summed E-state index contributed by atoms with van der Waals surface area (Å²) in [5, 5.41) is 5.95. The summed E-state index contributed by atoms with van der Waals surface area (Å²) in [5.74, 6) is -0.0588. The van der Waals surface area contributed by atoms with Crippen LogP contribution in [0.2, 0.25) is 0 Å². The highest BCUT2D eigenvalue weighted by Gasteiger charge is 2.12. The van der Waals surface area contributed by atoms with Crippen molar-refractivity contribution in [1.82, 2.24) is 14.7 Å². The van der Waals surface area contributed by atoms with Gasteiger partial charge in [0.1, 0.15) is 5.65 Å². The Morgan fingerprint density at radius 1 is 1.19 bits per heavy atom. The Kier molecular flexibility index (Phi) is 8.08. The Labute approximate surface area is 166 Å². The van der Waals surface area contributed by atoms with Crippen molar-refractivity contribution in [3.63, 3.8) is 0 Å². The van der Waals surface area contributed by atoms with E-state index in [-0.39, 0.29) is 36.6 Å². The normalized spacial score (nSPS) is 11.3. The highest BCUT2D eigenvalue weighted by Crippen LogP contribution is 2.22. The number of anilines is 1. The van der Waals surface area contributed by atoms with E-state index in [9.17, 15) is 4.79 Å². The molecule has 2 heterocycles. The van der Waals surface area contributed by atoms with Crippen LogP contribution in [0.15, 0.2) is 48.8 Å². The van der Waals surface area contributed by atoms with Gasteiger partial charge < -0.3 is 15.0 Å². The van der Waals surface area contributed by atoms with E-state index >= 15 is 0 Å². The van der Waals surface area contributed by atoms with Crippen LogP contribution in [0.1, 0.15) is 12.5 Å². The number of aryl methyl sites for hydroxylation is 1. The lowest BCUT2D eigenvalue weighted by Gasteiger charge is -2.11. The van der Waals surface area contributed by atoms with Crippen LogP contribution in [0, 0.1) is 12.8 Å². The maximum Gasteiger partial charge on any atom is 0.228 e. The molecule has 0 aliphatic carbocycles. The molecule has 0 aliphatic rings. The summed E-state index contributed by atoms with van der Waals surface area (Å²) in [6.07, 6.45) is 4.02. The Balaban J connectivity index is 0.00000169. The van der Waals surface area contributed by atoms with Crippen LogP contribution in [0.25, 0.3) is 16.9 Å². The number of hydrogen-bond donors (Lipinski definition) is 2. The fraction of sp³-hybridized carbons (Fsp3) is 0.263. The summed E-state index contributed by atoms with van der Waals surface area (Å²) >= 11 is 0. The predicted molar refractivity (Wildman–Crippen MR) is 112 cm³/mol. The van der Waals surface area contributed by atoms with E-state index in [2.05, 4.69) is 23.6 Å². The van der Waals surface area contributed by atoms with Crippen molar-refractivity contribution in [3.8, 4) is 11.3 Å². The van der Waals surface area contributed by atoms with E-state index in [1.165, 1.54) is 0 Å². The van der Waals surface area contributed by atoms with Crippen LogP contribution in [-0.4, -0.2) is 28.9 Å². The number of carbonyl (C=O) groups is 1. The largest absolute Gasteiger partial charge is 0.326 e. The number of aromatic nitrogens is 2. The third-order valence-corrected chi connectivity index (χ3v) is 4.08. The second-order valence-electron chi connectivity index (χ2n) is 6.07. The van der Waals surface area contributed by atoms with E-state index in [0.717, 1.165) is 28.2 Å². The molecular weight excluding hydrogens is 371 g/mol. The number of amides is 1. The first-order chi connectivity index (χ1) is 11.6. The van der Waals surface area contributed by atoms with E-state index in [1.54, 1.807) is 0 Å². The molecule has 1 amide bonds. The molecule has 140 valence electrons. The third kappa shape index (κ3) is 4.75. The molecule has 0 radical (unpaired) electrons. The number of nitrogens with zero attached hydrogens (tertiary/aromatic N) is 2. The molecule has 1 aromatic carbocycles. The summed E-state index contributed by atoms with van der Waals surface area (Å²) in [6.45, 7) is 4.61. The molecule has 2 aromatic heterocycles. The molecule has 0 spiro atoms. The lowest BCUT2D eigenvalue weighted by molar-refractivity contribution is -0.119. The zero-order chi connectivity index (χ0) is 17.1. The molecule has 0 aliphatic heterocycles. The third-order valence-electron chi connectivity index (χ3n) is 4.08. The minimum Gasteiger partial charge on any atom is -0.326 e. The van der Waals surface area contributed by atoms with Crippen LogP contribution < -0.4 is 10.6 Å². The molecule has 0 fully saturated rings. The van der Waals surface area contributed by atoms with Crippen molar-refractivity contribution >= 4 is 42.1 Å². The lowest BCUT2D eigenvalue weighted by atomic mass is 10.1. The molecule has 2 N–H and O–H groups in total. The monoisotopic (exact) mass is 394 g/mol. The second-order valence-corrected chi connectivity index (χ2v) is 6.07. The maximum atomic E-state index is 12.0. The Hall–Kier alpha value is -2.08. The predicted octanol–water partition coefficient (Wildman–Crippen LogP) is 3.95. The van der Waals surface area contributed by atoms with Crippen LogP contribution in [-0.2, 0) is 4.79 Å². The van der Waals surface area contributed by atoms with E-state index in [4.69, 9.17) is 4.98 Å². The quantitative estimate of drug-likeness (QED) is 0.688. The van der Waals surface area contributed by atoms with Gasteiger partial charge in [0.25, 0.3) is 0 Å². The number of hydrogen-bond acceptors (Lipinski definition) is 3. The van der Waals surface area contributed by atoms with Crippen molar-refractivity contribution in [2.75, 3.05) is 18.9 Å². The number of rotatable bonds is 5. The fourth-order valence-electron chi connectivity index (χ4n) is 2.68. The Bertz CT molecular complexity index is 862. The van der Waals surface area contributed by atoms with Crippen molar-refractivity contribution in [1.29, 1.82) is 0 Å². The van der Waals surface area contributed by atoms with Crippen LogP contribution in [0.3, 0.4) is 0 Å². The standard InChI is InChI=1S/C19H22N4O.2ClH/c1-13-5-4-10-23-12-17(22-18(13)23)15-6-8-16(9-7-15)21-19(24)14(2)11-20-3;;/h4-10,12,14,20H,11H2,1-3H3,(H,21,24);2*1H. The minimum absolute atomic E-state index is 0. The first-order valence-corrected chi connectivity index (χ1v) is 8.08. The molecule has 0 bridgehead atoms. The van der Waals surface area contributed by atoms with Gasteiger partial charge in [0.15, 0.2) is 0 Å². The summed E-state index contributed by atoms with van der Waals surface area (Å²) < 4.78 is 2.03. The average Bonchev–Trinajstić information content (AvgIpc) is 3.01.